The van der Waals surface area contributed by atoms with E-state index < -0.39 is 95.1 Å². The molecule has 0 radical (unpaired) electrons. The van der Waals surface area contributed by atoms with Gasteiger partial charge in [-0.15, -0.1) is 0 Å². The summed E-state index contributed by atoms with van der Waals surface area (Å²) in [5.41, 5.74) is 0.934. The number of anilines is 1. The van der Waals surface area contributed by atoms with Gasteiger partial charge in [-0.1, -0.05) is 90.1 Å². The van der Waals surface area contributed by atoms with Crippen molar-refractivity contribution in [1.29, 1.82) is 0 Å². The van der Waals surface area contributed by atoms with Crippen LogP contribution in [0.2, 0.25) is 0 Å². The Balaban J connectivity index is 1.11. The van der Waals surface area contributed by atoms with Crippen LogP contribution in [0.1, 0.15) is 115 Å². The Morgan fingerprint density at radius 1 is 0.882 bits per heavy atom. The number of phenolic OH excluding ortho intramolecular Hbond substituents is 2. The van der Waals surface area contributed by atoms with E-state index in [0.29, 0.717) is 50.9 Å². The summed E-state index contributed by atoms with van der Waals surface area (Å²) in [5, 5.41) is 63.0. The number of aromatic hydroxyl groups is 2. The van der Waals surface area contributed by atoms with Gasteiger partial charge in [-0.2, -0.15) is 0 Å². The molecule has 6 N–H and O–H groups in total. The number of amides is 2. The highest BCUT2D eigenvalue weighted by molar-refractivity contribution is 6.21. The first-order valence-electron chi connectivity index (χ1n) is 27.1. The number of esters is 1. The summed E-state index contributed by atoms with van der Waals surface area (Å²) in [4.78, 5) is 69.9. The molecule has 17 heteroatoms. The van der Waals surface area contributed by atoms with Crippen LogP contribution < -0.4 is 20.8 Å². The maximum absolute atomic E-state index is 14.9. The summed E-state index contributed by atoms with van der Waals surface area (Å²) in [6.07, 6.45) is 6.22. The molecule has 6 heterocycles. The van der Waals surface area contributed by atoms with E-state index in [-0.39, 0.29) is 55.5 Å². The number of likely N-dealkylation sites (tertiary alicyclic amines) is 2. The fraction of sp³-hybridized carbons (Fsp3) is 0.559. The van der Waals surface area contributed by atoms with Crippen molar-refractivity contribution in [3.8, 4) is 17.2 Å². The largest absolute Gasteiger partial charge is 0.507 e. The van der Waals surface area contributed by atoms with Crippen LogP contribution in [0.3, 0.4) is 0 Å². The Kier molecular flexibility index (Phi) is 16.8. The molecule has 2 fully saturated rings. The summed E-state index contributed by atoms with van der Waals surface area (Å²) in [6, 6.07) is 10.3. The predicted octanol–water partition coefficient (Wildman–Crippen LogP) is 6.34. The van der Waals surface area contributed by atoms with Crippen molar-refractivity contribution in [3.63, 3.8) is 0 Å². The zero-order valence-electron chi connectivity index (χ0n) is 45.4. The van der Waals surface area contributed by atoms with Gasteiger partial charge in [0.2, 0.25) is 5.91 Å². The van der Waals surface area contributed by atoms with Crippen LogP contribution in [0.25, 0.3) is 10.8 Å². The number of aliphatic hydroxyl groups is 3. The molecule has 2 saturated heterocycles. The smallest absolute Gasteiger partial charge is 0.315 e. The first-order valence-corrected chi connectivity index (χ1v) is 27.1. The molecule has 3 aromatic rings. The molecule has 410 valence electrons. The number of fused-ring (bicyclic) bond motifs is 13. The van der Waals surface area contributed by atoms with E-state index >= 15 is 0 Å². The van der Waals surface area contributed by atoms with Crippen LogP contribution in [0.5, 0.6) is 17.2 Å². The van der Waals surface area contributed by atoms with Crippen molar-refractivity contribution in [3.05, 3.63) is 93.9 Å². The van der Waals surface area contributed by atoms with Crippen molar-refractivity contribution in [2.24, 2.45) is 45.5 Å². The standard InChI is InChI=1S/C59H77N5O12/c1-32(2)31-63-27-23-59(24-28-63)61-47-44-45-52(70)38(8)55-46(44)56(72)58(9,76-55)74-29-22-41(65)35(5)54(75-43(67)30-42(66)64-25-20-40(21-26-64)19-18-39-16-11-10-12-17-39)37(7)51(69)36(6)50(68)33(3)14-13-15-34(4)57(73)60-49(53(45)71)48(47)62-59/h10-17,22,29,32-33,35-37,40-41,50-51,54,61,65,68-71H,18-21,23-28,30-31H2,1-9H3/b14-13+,29-22+,34-15-,60-49?/t33-,35+,36+,37+,41?,50-,51+,54+,58-/m0/s1. The number of ether oxygens (including phenoxy) is 3. The number of aliphatic hydroxyl groups excluding tert-OH is 3. The second-order valence-electron chi connectivity index (χ2n) is 22.7. The molecule has 76 heavy (non-hydrogen) atoms. The quantitative estimate of drug-likeness (QED) is 0.0821. The lowest BCUT2D eigenvalue weighted by Crippen LogP contribution is -2.47. The minimum absolute atomic E-state index is 0.00456. The summed E-state index contributed by atoms with van der Waals surface area (Å²) in [6.45, 7) is 18.7. The highest BCUT2D eigenvalue weighted by atomic mass is 16.7. The number of benzene rings is 3. The predicted molar refractivity (Wildman–Crippen MR) is 286 cm³/mol. The minimum atomic E-state index is -2.07. The number of carbonyl (C=O) groups excluding carboxylic acids is 4. The molecular formula is C59H77N5O12. The minimum Gasteiger partial charge on any atom is -0.507 e. The van der Waals surface area contributed by atoms with E-state index in [1.165, 1.54) is 31.6 Å². The van der Waals surface area contributed by atoms with Crippen molar-refractivity contribution < 1.29 is 58.9 Å². The highest BCUT2D eigenvalue weighted by Gasteiger charge is 2.51. The zero-order valence-corrected chi connectivity index (χ0v) is 45.4. The highest BCUT2D eigenvalue weighted by Crippen LogP contribution is 2.51. The number of nitrogens with one attached hydrogen (secondary N) is 1. The van der Waals surface area contributed by atoms with Gasteiger partial charge in [-0.3, -0.25) is 24.2 Å². The van der Waals surface area contributed by atoms with Gasteiger partial charge in [0, 0.05) is 92.7 Å². The molecule has 2 amide bonds. The first kappa shape index (κ1) is 56.1. The van der Waals surface area contributed by atoms with Gasteiger partial charge in [0.05, 0.1) is 41.2 Å². The molecule has 0 aromatic heterocycles. The fourth-order valence-corrected chi connectivity index (χ4v) is 11.7. The van der Waals surface area contributed by atoms with Gasteiger partial charge in [-0.25, -0.2) is 4.99 Å². The summed E-state index contributed by atoms with van der Waals surface area (Å²) in [5.74, 6) is -7.99. The van der Waals surface area contributed by atoms with Crippen molar-refractivity contribution in [2.75, 3.05) is 38.0 Å². The van der Waals surface area contributed by atoms with Crippen LogP contribution in [0.15, 0.2) is 76.5 Å². The third-order valence-electron chi connectivity index (χ3n) is 16.6. The maximum Gasteiger partial charge on any atom is 0.315 e. The molecule has 0 saturated carbocycles. The number of ketones is 1. The van der Waals surface area contributed by atoms with E-state index in [9.17, 15) is 44.7 Å². The number of phenols is 2. The summed E-state index contributed by atoms with van der Waals surface area (Å²) < 4.78 is 18.4. The molecule has 1 spiro atoms. The lowest BCUT2D eigenvalue weighted by molar-refractivity contribution is -0.165. The van der Waals surface area contributed by atoms with Crippen molar-refractivity contribution in [2.45, 2.75) is 143 Å². The van der Waals surface area contributed by atoms with Crippen LogP contribution in [-0.4, -0.2) is 127 Å². The number of aryl methyl sites for hydroxylation is 1. The normalized spacial score (nSPS) is 30.0. The average Bonchev–Trinajstić information content (AvgIpc) is 3.93. The van der Waals surface area contributed by atoms with Crippen LogP contribution in [-0.2, 0) is 30.3 Å². The van der Waals surface area contributed by atoms with Crippen LogP contribution in [0.4, 0.5) is 5.69 Å². The van der Waals surface area contributed by atoms with Gasteiger partial charge < -0.3 is 54.9 Å². The Morgan fingerprint density at radius 3 is 2.24 bits per heavy atom. The molecule has 9 atom stereocenters. The molecule has 6 aliphatic rings. The van der Waals surface area contributed by atoms with Crippen molar-refractivity contribution in [1.82, 2.24) is 9.80 Å². The molecule has 17 nitrogen and oxygen atoms in total. The van der Waals surface area contributed by atoms with Gasteiger partial charge >= 0.3 is 11.8 Å². The van der Waals surface area contributed by atoms with Crippen LogP contribution >= 0.6 is 0 Å². The Morgan fingerprint density at radius 2 is 1.57 bits per heavy atom. The fourth-order valence-electron chi connectivity index (χ4n) is 11.7. The number of carbonyl (C=O) groups is 4. The lowest BCUT2D eigenvalue weighted by atomic mass is 9.78. The third kappa shape index (κ3) is 11.4. The molecule has 1 unspecified atom stereocenters. The van der Waals surface area contributed by atoms with Gasteiger partial charge in [-0.05, 0) is 63.0 Å². The first-order chi connectivity index (χ1) is 36.0. The van der Waals surface area contributed by atoms with E-state index in [1.54, 1.807) is 51.7 Å². The van der Waals surface area contributed by atoms with E-state index in [1.807, 2.05) is 18.2 Å². The van der Waals surface area contributed by atoms with E-state index in [2.05, 4.69) is 41.2 Å². The number of rotatable bonds is 8. The third-order valence-corrected chi connectivity index (χ3v) is 16.6. The zero-order chi connectivity index (χ0) is 55.0. The number of allylic oxidation sites excluding steroid dienone is 2. The number of nitrogens with zero attached hydrogens (tertiary/aromatic N) is 4. The monoisotopic (exact) mass is 1050 g/mol. The number of hydrogen-bond acceptors (Lipinski definition) is 15. The average molecular weight is 1050 g/mol. The lowest BCUT2D eigenvalue weighted by Gasteiger charge is -2.38. The number of hydrogen-bond donors (Lipinski definition) is 6. The van der Waals surface area contributed by atoms with Gasteiger partial charge in [0.25, 0.3) is 11.7 Å². The molecule has 5 bridgehead atoms. The van der Waals surface area contributed by atoms with Crippen molar-refractivity contribution >= 4 is 40.0 Å². The topological polar surface area (TPSA) is 240 Å². The Labute approximate surface area is 445 Å². The molecule has 6 aliphatic heterocycles. The maximum atomic E-state index is 14.9. The summed E-state index contributed by atoms with van der Waals surface area (Å²) in [7, 11) is 0. The molecule has 9 rings (SSSR count). The van der Waals surface area contributed by atoms with Crippen LogP contribution in [0, 0.1) is 42.4 Å². The van der Waals surface area contributed by atoms with Gasteiger partial charge in [0.1, 0.15) is 40.4 Å². The number of Topliss-reactive ketones (excluding diaryl/α,β-unsaturated/α-hetero) is 1. The Bertz CT molecular complexity index is 2920. The summed E-state index contributed by atoms with van der Waals surface area (Å²) >= 11 is 0. The Hall–Kier alpha value is -6.14. The second kappa shape index (κ2) is 22.8. The molecular weight excluding hydrogens is 971 g/mol. The second-order valence-corrected chi connectivity index (χ2v) is 22.7. The van der Waals surface area contributed by atoms with E-state index in [0.717, 1.165) is 38.5 Å². The molecule has 0 aliphatic carbocycles. The van der Waals surface area contributed by atoms with E-state index in [4.69, 9.17) is 19.2 Å². The molecule has 3 aromatic carbocycles. The van der Waals surface area contributed by atoms with Gasteiger partial charge in [0.15, 0.2) is 5.75 Å². The number of piperidine rings is 2. The SMILES string of the molecule is C/C1=C/C=C/[C@H](C)[C@H](O)[C@@H](C)[C@@H](O)[C@@H](C)[C@H](OC(=O)CC(=O)N2CCC(CCc3ccccc3)CC2)[C@H](C)C(O)/C=C/O[C@@]2(C)Oc3c(C)c(O)c4c(O)c(c5c(c4c3C2=O)NC2(CCN(CC(C)C)CC2)N=5)=NC1=O.